The minimum atomic E-state index is -3.40. The van der Waals surface area contributed by atoms with Gasteiger partial charge in [0.25, 0.3) is 5.91 Å². The standard InChI is InChI=1S/C21H28N2O3S/c1-15(2)14-19(17-10-7-6-8-11-17)22-21(24)18-12-9-13-20(16(18)3)23(4)27(5,25)26/h6-13,15,19H,14H2,1-5H3,(H,22,24). The highest BCUT2D eigenvalue weighted by atomic mass is 32.2. The van der Waals surface area contributed by atoms with Crippen molar-refractivity contribution in [3.63, 3.8) is 0 Å². The number of nitrogens with zero attached hydrogens (tertiary/aromatic N) is 1. The Morgan fingerprint density at radius 1 is 1.07 bits per heavy atom. The van der Waals surface area contributed by atoms with E-state index in [9.17, 15) is 13.2 Å². The van der Waals surface area contributed by atoms with E-state index in [-0.39, 0.29) is 11.9 Å². The summed E-state index contributed by atoms with van der Waals surface area (Å²) in [6.45, 7) is 6.01. The molecule has 0 saturated heterocycles. The molecule has 2 aromatic carbocycles. The maximum absolute atomic E-state index is 13.0. The smallest absolute Gasteiger partial charge is 0.252 e. The number of carbonyl (C=O) groups is 1. The Balaban J connectivity index is 2.33. The van der Waals surface area contributed by atoms with Crippen molar-refractivity contribution in [1.82, 2.24) is 5.32 Å². The first kappa shape index (κ1) is 21.0. The second-order valence-electron chi connectivity index (χ2n) is 7.25. The summed E-state index contributed by atoms with van der Waals surface area (Å²) in [5, 5.41) is 3.12. The van der Waals surface area contributed by atoms with Crippen molar-refractivity contribution in [3.05, 3.63) is 65.2 Å². The van der Waals surface area contributed by atoms with Crippen molar-refractivity contribution in [2.45, 2.75) is 33.2 Å². The van der Waals surface area contributed by atoms with Crippen LogP contribution in [0.25, 0.3) is 0 Å². The summed E-state index contributed by atoms with van der Waals surface area (Å²) in [7, 11) is -1.91. The van der Waals surface area contributed by atoms with Gasteiger partial charge in [-0.15, -0.1) is 0 Å². The number of hydrogen-bond acceptors (Lipinski definition) is 3. The highest BCUT2D eigenvalue weighted by Gasteiger charge is 2.21. The van der Waals surface area contributed by atoms with Crippen LogP contribution < -0.4 is 9.62 Å². The maximum atomic E-state index is 13.0. The number of rotatable bonds is 7. The quantitative estimate of drug-likeness (QED) is 0.782. The topological polar surface area (TPSA) is 66.5 Å². The Kier molecular flexibility index (Phi) is 6.65. The molecule has 0 aliphatic heterocycles. The van der Waals surface area contributed by atoms with Gasteiger partial charge in [-0.25, -0.2) is 8.42 Å². The van der Waals surface area contributed by atoms with Crippen LogP contribution in [0.3, 0.4) is 0 Å². The fourth-order valence-electron chi connectivity index (χ4n) is 3.06. The molecule has 1 N–H and O–H groups in total. The fourth-order valence-corrected chi connectivity index (χ4v) is 3.62. The lowest BCUT2D eigenvalue weighted by molar-refractivity contribution is 0.0931. The number of benzene rings is 2. The van der Waals surface area contributed by atoms with E-state index in [0.717, 1.165) is 18.2 Å². The highest BCUT2D eigenvalue weighted by Crippen LogP contribution is 2.26. The van der Waals surface area contributed by atoms with Crippen LogP contribution in [0.1, 0.15) is 47.8 Å². The highest BCUT2D eigenvalue weighted by molar-refractivity contribution is 7.92. The number of hydrogen-bond donors (Lipinski definition) is 1. The van der Waals surface area contributed by atoms with Gasteiger partial charge in [-0.1, -0.05) is 50.2 Å². The lowest BCUT2D eigenvalue weighted by Gasteiger charge is -2.23. The van der Waals surface area contributed by atoms with Crippen molar-refractivity contribution >= 4 is 21.6 Å². The molecule has 0 aliphatic carbocycles. The third-order valence-corrected chi connectivity index (χ3v) is 5.79. The van der Waals surface area contributed by atoms with Gasteiger partial charge in [0, 0.05) is 12.6 Å². The summed E-state index contributed by atoms with van der Waals surface area (Å²) < 4.78 is 24.9. The van der Waals surface area contributed by atoms with Gasteiger partial charge >= 0.3 is 0 Å². The number of carbonyl (C=O) groups excluding carboxylic acids is 1. The average molecular weight is 389 g/mol. The fraction of sp³-hybridized carbons (Fsp3) is 0.381. The van der Waals surface area contributed by atoms with Crippen molar-refractivity contribution in [1.29, 1.82) is 0 Å². The minimum Gasteiger partial charge on any atom is -0.345 e. The molecule has 0 bridgehead atoms. The number of sulfonamides is 1. The van der Waals surface area contributed by atoms with E-state index >= 15 is 0 Å². The van der Waals surface area contributed by atoms with Crippen LogP contribution in [-0.4, -0.2) is 27.6 Å². The first-order valence-corrected chi connectivity index (χ1v) is 10.9. The molecule has 146 valence electrons. The normalized spacial score (nSPS) is 12.7. The van der Waals surface area contributed by atoms with Crippen LogP contribution in [-0.2, 0) is 10.0 Å². The van der Waals surface area contributed by atoms with Crippen molar-refractivity contribution in [2.24, 2.45) is 5.92 Å². The molecule has 0 saturated carbocycles. The zero-order valence-corrected chi connectivity index (χ0v) is 17.4. The molecule has 0 fully saturated rings. The van der Waals surface area contributed by atoms with Crippen LogP contribution in [0.5, 0.6) is 0 Å². The van der Waals surface area contributed by atoms with Crippen molar-refractivity contribution in [3.8, 4) is 0 Å². The lowest BCUT2D eigenvalue weighted by Crippen LogP contribution is -2.31. The van der Waals surface area contributed by atoms with Crippen LogP contribution in [0.2, 0.25) is 0 Å². The van der Waals surface area contributed by atoms with Gasteiger partial charge in [0.05, 0.1) is 18.0 Å². The molecule has 0 spiro atoms. The van der Waals surface area contributed by atoms with Gasteiger partial charge < -0.3 is 5.32 Å². The largest absolute Gasteiger partial charge is 0.345 e. The average Bonchev–Trinajstić information content (AvgIpc) is 2.60. The second-order valence-corrected chi connectivity index (χ2v) is 9.26. The number of amides is 1. The van der Waals surface area contributed by atoms with Gasteiger partial charge in [-0.3, -0.25) is 9.10 Å². The summed E-state index contributed by atoms with van der Waals surface area (Å²) in [6.07, 6.45) is 1.96. The molecule has 1 atom stereocenters. The van der Waals surface area contributed by atoms with Crippen LogP contribution in [0.15, 0.2) is 48.5 Å². The molecule has 27 heavy (non-hydrogen) atoms. The predicted octanol–water partition coefficient (Wildman–Crippen LogP) is 3.91. The molecule has 0 heterocycles. The molecule has 2 aromatic rings. The van der Waals surface area contributed by atoms with E-state index in [1.807, 2.05) is 30.3 Å². The summed E-state index contributed by atoms with van der Waals surface area (Å²) >= 11 is 0. The molecule has 0 aliphatic rings. The molecule has 6 heteroatoms. The predicted molar refractivity (Wildman–Crippen MR) is 111 cm³/mol. The monoisotopic (exact) mass is 388 g/mol. The molecular weight excluding hydrogens is 360 g/mol. The Labute approximate surface area is 162 Å². The van der Waals surface area contributed by atoms with E-state index in [4.69, 9.17) is 0 Å². The number of anilines is 1. The Morgan fingerprint density at radius 2 is 1.70 bits per heavy atom. The Hall–Kier alpha value is -2.34. The van der Waals surface area contributed by atoms with E-state index in [0.29, 0.717) is 22.7 Å². The summed E-state index contributed by atoms with van der Waals surface area (Å²) in [5.74, 6) is 0.213. The molecule has 1 amide bonds. The third kappa shape index (κ3) is 5.32. The number of nitrogens with one attached hydrogen (secondary N) is 1. The van der Waals surface area contributed by atoms with Gasteiger partial charge in [-0.2, -0.15) is 0 Å². The van der Waals surface area contributed by atoms with E-state index < -0.39 is 10.0 Å². The lowest BCUT2D eigenvalue weighted by atomic mass is 9.96. The molecular formula is C21H28N2O3S. The van der Waals surface area contributed by atoms with Gasteiger partial charge in [0.2, 0.25) is 10.0 Å². The molecule has 2 rings (SSSR count). The Morgan fingerprint density at radius 3 is 2.26 bits per heavy atom. The van der Waals surface area contributed by atoms with Crippen LogP contribution in [0, 0.1) is 12.8 Å². The summed E-state index contributed by atoms with van der Waals surface area (Å²) in [5.41, 5.74) is 2.68. The van der Waals surface area contributed by atoms with Gasteiger partial charge in [0.1, 0.15) is 0 Å². The van der Waals surface area contributed by atoms with Crippen molar-refractivity contribution in [2.75, 3.05) is 17.6 Å². The first-order valence-electron chi connectivity index (χ1n) is 9.00. The second kappa shape index (κ2) is 8.57. The Bertz CT molecular complexity index is 893. The van der Waals surface area contributed by atoms with Gasteiger partial charge in [0.15, 0.2) is 0 Å². The van der Waals surface area contributed by atoms with Crippen LogP contribution in [0.4, 0.5) is 5.69 Å². The maximum Gasteiger partial charge on any atom is 0.252 e. The van der Waals surface area contributed by atoms with E-state index in [2.05, 4.69) is 19.2 Å². The van der Waals surface area contributed by atoms with Gasteiger partial charge in [-0.05, 0) is 42.5 Å². The molecule has 0 aromatic heterocycles. The SMILES string of the molecule is Cc1c(C(=O)NC(CC(C)C)c2ccccc2)cccc1N(C)S(C)(=O)=O. The minimum absolute atomic E-state index is 0.102. The van der Waals surface area contributed by atoms with Crippen LogP contribution >= 0.6 is 0 Å². The van der Waals surface area contributed by atoms with E-state index in [1.54, 1.807) is 25.1 Å². The van der Waals surface area contributed by atoms with E-state index in [1.165, 1.54) is 11.4 Å². The molecule has 0 radical (unpaired) electrons. The molecule has 1 unspecified atom stereocenters. The zero-order chi connectivity index (χ0) is 20.2. The third-order valence-electron chi connectivity index (χ3n) is 4.60. The first-order chi connectivity index (χ1) is 12.6. The summed E-state index contributed by atoms with van der Waals surface area (Å²) in [6, 6.07) is 14.9. The summed E-state index contributed by atoms with van der Waals surface area (Å²) in [4.78, 5) is 13.0. The zero-order valence-electron chi connectivity index (χ0n) is 16.6. The molecule has 5 nitrogen and oxygen atoms in total. The van der Waals surface area contributed by atoms with Crippen molar-refractivity contribution < 1.29 is 13.2 Å².